The Hall–Kier alpha value is -1.88. The summed E-state index contributed by atoms with van der Waals surface area (Å²) in [6.07, 6.45) is 0.785. The summed E-state index contributed by atoms with van der Waals surface area (Å²) in [5, 5.41) is 14.2. The first kappa shape index (κ1) is 12.6. The summed E-state index contributed by atoms with van der Waals surface area (Å²) in [5.74, 6) is -0.519. The highest BCUT2D eigenvalue weighted by atomic mass is 32.1. The van der Waals surface area contributed by atoms with Crippen LogP contribution in [-0.2, 0) is 13.0 Å². The van der Waals surface area contributed by atoms with Gasteiger partial charge in [0.15, 0.2) is 0 Å². The number of carboxylic acids is 1. The molecule has 0 amide bonds. The zero-order valence-corrected chi connectivity index (χ0v) is 10.8. The van der Waals surface area contributed by atoms with Gasteiger partial charge in [-0.15, -0.1) is 11.3 Å². The molecule has 94 valence electrons. The fraction of sp³-hybridized carbons (Fsp3) is 0.231. The van der Waals surface area contributed by atoms with Crippen molar-refractivity contribution in [3.05, 3.63) is 45.8 Å². The molecule has 5 heteroatoms. The van der Waals surface area contributed by atoms with Crippen molar-refractivity contribution < 1.29 is 9.90 Å². The third kappa shape index (κ3) is 2.87. The van der Waals surface area contributed by atoms with Crippen molar-refractivity contribution in [3.63, 3.8) is 0 Å². The molecular weight excluding hydrogens is 248 g/mol. The van der Waals surface area contributed by atoms with Gasteiger partial charge in [0.25, 0.3) is 0 Å². The molecule has 2 rings (SSSR count). The monoisotopic (exact) mass is 262 g/mol. The number of pyridine rings is 1. The third-order valence-corrected chi connectivity index (χ3v) is 3.43. The minimum atomic E-state index is -0.959. The molecule has 0 unspecified atom stereocenters. The number of carbonyl (C=O) groups is 1. The van der Waals surface area contributed by atoms with E-state index in [4.69, 9.17) is 5.11 Å². The van der Waals surface area contributed by atoms with Crippen LogP contribution in [0.5, 0.6) is 0 Å². The minimum Gasteiger partial charge on any atom is -0.478 e. The number of rotatable bonds is 5. The number of nitrogens with zero attached hydrogens (tertiary/aromatic N) is 1. The van der Waals surface area contributed by atoms with Gasteiger partial charge in [0.1, 0.15) is 11.4 Å². The number of hydrogen-bond acceptors (Lipinski definition) is 4. The molecule has 0 atom stereocenters. The van der Waals surface area contributed by atoms with E-state index in [2.05, 4.69) is 10.3 Å². The molecule has 2 N–H and O–H groups in total. The first-order chi connectivity index (χ1) is 8.70. The maximum atomic E-state index is 11.1. The Morgan fingerprint density at radius 1 is 1.44 bits per heavy atom. The lowest BCUT2D eigenvalue weighted by Crippen LogP contribution is -2.09. The summed E-state index contributed by atoms with van der Waals surface area (Å²) >= 11 is 1.63. The van der Waals surface area contributed by atoms with Crippen LogP contribution in [0.1, 0.15) is 27.9 Å². The number of nitrogens with one attached hydrogen (secondary N) is 1. The van der Waals surface area contributed by atoms with Crippen molar-refractivity contribution in [2.45, 2.75) is 19.9 Å². The molecule has 0 bridgehead atoms. The molecule has 0 aliphatic rings. The molecule has 0 spiro atoms. The Bertz CT molecular complexity index is 538. The first-order valence-corrected chi connectivity index (χ1v) is 6.58. The number of aryl methyl sites for hydroxylation is 1. The molecule has 0 fully saturated rings. The van der Waals surface area contributed by atoms with Crippen LogP contribution in [0.25, 0.3) is 0 Å². The van der Waals surface area contributed by atoms with E-state index in [0.29, 0.717) is 12.4 Å². The summed E-state index contributed by atoms with van der Waals surface area (Å²) in [6.45, 7) is 2.59. The Morgan fingerprint density at radius 3 is 2.89 bits per heavy atom. The minimum absolute atomic E-state index is 0.212. The maximum Gasteiger partial charge on any atom is 0.339 e. The zero-order valence-electron chi connectivity index (χ0n) is 10.0. The predicted molar refractivity (Wildman–Crippen MR) is 72.2 cm³/mol. The molecule has 0 aliphatic carbocycles. The molecule has 0 radical (unpaired) electrons. The van der Waals surface area contributed by atoms with Crippen LogP contribution in [0.3, 0.4) is 0 Å². The van der Waals surface area contributed by atoms with Crippen LogP contribution in [0.4, 0.5) is 5.82 Å². The van der Waals surface area contributed by atoms with Crippen LogP contribution in [0.15, 0.2) is 29.6 Å². The van der Waals surface area contributed by atoms with Crippen molar-refractivity contribution in [3.8, 4) is 0 Å². The molecule has 2 aromatic heterocycles. The molecule has 0 saturated carbocycles. The normalized spacial score (nSPS) is 10.3. The molecule has 0 aromatic carbocycles. The van der Waals surface area contributed by atoms with E-state index in [0.717, 1.165) is 17.0 Å². The smallest absolute Gasteiger partial charge is 0.339 e. The largest absolute Gasteiger partial charge is 0.478 e. The number of carboxylic acid groups (broad SMARTS) is 1. The quantitative estimate of drug-likeness (QED) is 0.869. The van der Waals surface area contributed by atoms with E-state index in [1.54, 1.807) is 23.5 Å². The highest BCUT2D eigenvalue weighted by Gasteiger charge is 2.11. The van der Waals surface area contributed by atoms with E-state index in [1.807, 2.05) is 24.4 Å². The predicted octanol–water partition coefficient (Wildman–Crippen LogP) is 3.02. The summed E-state index contributed by atoms with van der Waals surface area (Å²) < 4.78 is 0. The first-order valence-electron chi connectivity index (χ1n) is 5.70. The molecule has 2 heterocycles. The second-order valence-electron chi connectivity index (χ2n) is 3.79. The van der Waals surface area contributed by atoms with Crippen molar-refractivity contribution in [1.29, 1.82) is 0 Å². The van der Waals surface area contributed by atoms with E-state index < -0.39 is 5.97 Å². The lowest BCUT2D eigenvalue weighted by molar-refractivity contribution is 0.0697. The molecule has 2 aromatic rings. The van der Waals surface area contributed by atoms with Gasteiger partial charge in [0, 0.05) is 10.6 Å². The molecule has 0 saturated heterocycles. The highest BCUT2D eigenvalue weighted by molar-refractivity contribution is 7.09. The van der Waals surface area contributed by atoms with Gasteiger partial charge in [-0.25, -0.2) is 9.78 Å². The fourth-order valence-electron chi connectivity index (χ4n) is 1.59. The van der Waals surface area contributed by atoms with Crippen LogP contribution in [0, 0.1) is 0 Å². The molecule has 18 heavy (non-hydrogen) atoms. The van der Waals surface area contributed by atoms with Gasteiger partial charge in [0.05, 0.1) is 6.54 Å². The van der Waals surface area contributed by atoms with Gasteiger partial charge < -0.3 is 10.4 Å². The molecule has 4 nitrogen and oxygen atoms in total. The molecular formula is C13H14N2O2S. The van der Waals surface area contributed by atoms with E-state index in [9.17, 15) is 4.79 Å². The maximum absolute atomic E-state index is 11.1. The number of hydrogen-bond donors (Lipinski definition) is 2. The fourth-order valence-corrected chi connectivity index (χ4v) is 2.23. The average molecular weight is 262 g/mol. The lowest BCUT2D eigenvalue weighted by atomic mass is 10.2. The van der Waals surface area contributed by atoms with Crippen LogP contribution >= 0.6 is 11.3 Å². The lowest BCUT2D eigenvalue weighted by Gasteiger charge is -2.09. The zero-order chi connectivity index (χ0) is 13.0. The number of aromatic nitrogens is 1. The van der Waals surface area contributed by atoms with Gasteiger partial charge >= 0.3 is 5.97 Å². The second kappa shape index (κ2) is 5.64. The van der Waals surface area contributed by atoms with Gasteiger partial charge in [0.2, 0.25) is 0 Å². The molecule has 0 aliphatic heterocycles. The van der Waals surface area contributed by atoms with Crippen molar-refractivity contribution in [2.24, 2.45) is 0 Å². The SMILES string of the molecule is CCc1ccc(C(=O)O)c(NCc2cccs2)n1. The topological polar surface area (TPSA) is 62.2 Å². The van der Waals surface area contributed by atoms with Crippen molar-refractivity contribution in [2.75, 3.05) is 5.32 Å². The number of anilines is 1. The average Bonchev–Trinajstić information content (AvgIpc) is 2.88. The van der Waals surface area contributed by atoms with Crippen molar-refractivity contribution in [1.82, 2.24) is 4.98 Å². The van der Waals surface area contributed by atoms with Gasteiger partial charge in [-0.05, 0) is 30.0 Å². The summed E-state index contributed by atoms with van der Waals surface area (Å²) in [6, 6.07) is 7.32. The third-order valence-electron chi connectivity index (χ3n) is 2.56. The van der Waals surface area contributed by atoms with E-state index in [1.165, 1.54) is 0 Å². The van der Waals surface area contributed by atoms with Crippen LogP contribution < -0.4 is 5.32 Å². The van der Waals surface area contributed by atoms with Gasteiger partial charge in [-0.1, -0.05) is 13.0 Å². The highest BCUT2D eigenvalue weighted by Crippen LogP contribution is 2.17. The van der Waals surface area contributed by atoms with Crippen molar-refractivity contribution >= 4 is 23.1 Å². The Morgan fingerprint density at radius 2 is 2.28 bits per heavy atom. The second-order valence-corrected chi connectivity index (χ2v) is 4.82. The summed E-state index contributed by atoms with van der Waals surface area (Å²) in [4.78, 5) is 16.6. The Labute approximate surface area is 109 Å². The van der Waals surface area contributed by atoms with Gasteiger partial charge in [-0.3, -0.25) is 0 Å². The summed E-state index contributed by atoms with van der Waals surface area (Å²) in [5.41, 5.74) is 1.09. The summed E-state index contributed by atoms with van der Waals surface area (Å²) in [7, 11) is 0. The Kier molecular flexibility index (Phi) is 3.94. The standard InChI is InChI=1S/C13H14N2O2S/c1-2-9-5-6-11(13(16)17)12(15-9)14-8-10-4-3-7-18-10/h3-7H,2,8H2,1H3,(H,14,15)(H,16,17). The van der Waals surface area contributed by atoms with Crippen LogP contribution in [0.2, 0.25) is 0 Å². The van der Waals surface area contributed by atoms with Gasteiger partial charge in [-0.2, -0.15) is 0 Å². The number of aromatic carboxylic acids is 1. The van der Waals surface area contributed by atoms with E-state index in [-0.39, 0.29) is 5.56 Å². The Balaban J connectivity index is 2.20. The number of thiophene rings is 1. The van der Waals surface area contributed by atoms with E-state index >= 15 is 0 Å². The van der Waals surface area contributed by atoms with Crippen LogP contribution in [-0.4, -0.2) is 16.1 Å².